The molecule has 0 aromatic carbocycles. The first-order valence-corrected chi connectivity index (χ1v) is 1.70. The molecule has 1 N–H and O–H groups in total. The van der Waals surface area contributed by atoms with Gasteiger partial charge in [0.2, 0.25) is 0 Å². The van der Waals surface area contributed by atoms with Crippen molar-refractivity contribution in [3.8, 4) is 0 Å². The maximum absolute atomic E-state index is 11.2. The summed E-state index contributed by atoms with van der Waals surface area (Å²) >= 11 is 0. The number of rotatable bonds is 2. The lowest BCUT2D eigenvalue weighted by Gasteiger charge is -1.99. The third-order valence-corrected chi connectivity index (χ3v) is 0.272. The van der Waals surface area contributed by atoms with E-state index in [1.54, 1.807) is 4.52 Å². The molecule has 0 heterocycles. The Morgan fingerprint density at radius 3 is 2.14 bits per heavy atom. The highest BCUT2D eigenvalue weighted by atomic mass is 19.1. The molecule has 3 nitrogen and oxygen atoms in total. The molecule has 7 heavy (non-hydrogen) atoms. The Morgan fingerprint density at radius 1 is 1.71 bits per heavy atom. The van der Waals surface area contributed by atoms with Crippen LogP contribution in [0.2, 0.25) is 0 Å². The second-order valence-corrected chi connectivity index (χ2v) is 1.13. The van der Waals surface area contributed by atoms with Crippen molar-refractivity contribution in [2.75, 3.05) is 14.2 Å². The van der Waals surface area contributed by atoms with Crippen LogP contribution in [0, 0.1) is 0 Å². The molecule has 0 saturated carbocycles. The predicted molar refractivity (Wildman–Crippen MR) is 23.1 cm³/mol. The van der Waals surface area contributed by atoms with Gasteiger partial charge in [0.25, 0.3) is 0 Å². The Hall–Kier alpha value is -0.125. The predicted octanol–water partition coefficient (Wildman–Crippen LogP) is -0.323. The zero-order valence-corrected chi connectivity index (χ0v) is 4.22. The van der Waals surface area contributed by atoms with Gasteiger partial charge in [-0.25, -0.2) is 0 Å². The third-order valence-electron chi connectivity index (χ3n) is 0.272. The highest BCUT2D eigenvalue weighted by Gasteiger charge is 2.19. The van der Waals surface area contributed by atoms with Crippen LogP contribution in [0.1, 0.15) is 0 Å². The van der Waals surface area contributed by atoms with Gasteiger partial charge in [0.05, 0.1) is 0 Å². The minimum atomic E-state index is -2.24. The van der Waals surface area contributed by atoms with Crippen LogP contribution in [0.3, 0.4) is 0 Å². The average Bonchev–Trinajstić information content (AvgIpc) is 1.27. The minimum absolute atomic E-state index is 1.39. The minimum Gasteiger partial charge on any atom is -0.394 e. The van der Waals surface area contributed by atoms with E-state index in [1.165, 1.54) is 14.2 Å². The lowest BCUT2D eigenvalue weighted by atomic mass is 10.3. The molecule has 0 spiro atoms. The molecule has 0 aliphatic rings. The molecule has 0 bridgehead atoms. The quantitative estimate of drug-likeness (QED) is 0.228. The van der Waals surface area contributed by atoms with Gasteiger partial charge in [-0.1, -0.05) is 4.81 Å². The Balaban J connectivity index is 2.95. The van der Waals surface area contributed by atoms with Crippen LogP contribution in [0.25, 0.3) is 0 Å². The van der Waals surface area contributed by atoms with E-state index in [0.717, 1.165) is 0 Å². The van der Waals surface area contributed by atoms with Crippen LogP contribution in [-0.4, -0.2) is 26.6 Å². The van der Waals surface area contributed by atoms with Crippen LogP contribution in [0.5, 0.6) is 0 Å². The monoisotopic (exact) mass is 109 g/mol. The summed E-state index contributed by atoms with van der Waals surface area (Å²) in [6, 6.07) is 0. The number of hydrogen-bond acceptors (Lipinski definition) is 2. The Bertz CT molecular complexity index is 42.2. The first-order chi connectivity index (χ1) is 3.13. The van der Waals surface area contributed by atoms with Crippen LogP contribution < -0.4 is 0 Å². The van der Waals surface area contributed by atoms with Crippen molar-refractivity contribution in [1.82, 2.24) is 0 Å². The summed E-state index contributed by atoms with van der Waals surface area (Å²) in [5.74, 6) is 0. The SMILES string of the molecule is C[O+](C)OB(O)F. The summed E-state index contributed by atoms with van der Waals surface area (Å²) in [5, 5.41) is 7.77. The van der Waals surface area contributed by atoms with Gasteiger partial charge in [-0.05, 0) is 0 Å². The largest absolute Gasteiger partial charge is 0.756 e. The molecule has 0 amide bonds. The fraction of sp³-hybridized carbons (Fsp3) is 1.00. The van der Waals surface area contributed by atoms with E-state index in [-0.39, 0.29) is 0 Å². The van der Waals surface area contributed by atoms with Gasteiger partial charge in [0.1, 0.15) is 0 Å². The summed E-state index contributed by atoms with van der Waals surface area (Å²) < 4.78 is 13.0. The molecule has 0 unspecified atom stereocenters. The van der Waals surface area contributed by atoms with E-state index >= 15 is 0 Å². The van der Waals surface area contributed by atoms with Crippen LogP contribution in [-0.2, 0) is 9.32 Å². The smallest absolute Gasteiger partial charge is 0.394 e. The molecule has 0 aliphatic heterocycles. The summed E-state index contributed by atoms with van der Waals surface area (Å²) in [5.41, 5.74) is 0. The van der Waals surface area contributed by atoms with E-state index in [4.69, 9.17) is 5.02 Å². The van der Waals surface area contributed by atoms with Gasteiger partial charge in [-0.15, -0.1) is 0 Å². The molecule has 5 heteroatoms. The Kier molecular flexibility index (Phi) is 2.90. The molecular formula is C2H7BFO3+. The summed E-state index contributed by atoms with van der Waals surface area (Å²) in [6.07, 6.45) is 0. The highest BCUT2D eigenvalue weighted by molar-refractivity contribution is 6.33. The fourth-order valence-corrected chi connectivity index (χ4v) is 0.159. The maximum atomic E-state index is 11.2. The zero-order chi connectivity index (χ0) is 5.86. The lowest BCUT2D eigenvalue weighted by Crippen LogP contribution is -2.16. The van der Waals surface area contributed by atoms with Gasteiger partial charge in [-0.3, -0.25) is 8.83 Å². The van der Waals surface area contributed by atoms with E-state index in [1.807, 2.05) is 0 Å². The molecule has 0 atom stereocenters. The average molecular weight is 109 g/mol. The Labute approximate surface area is 41.5 Å². The van der Waals surface area contributed by atoms with E-state index in [9.17, 15) is 4.32 Å². The molecule has 0 rings (SSSR count). The molecule has 0 aromatic rings. The first-order valence-electron chi connectivity index (χ1n) is 1.70. The van der Waals surface area contributed by atoms with Crippen LogP contribution >= 0.6 is 0 Å². The van der Waals surface area contributed by atoms with E-state index < -0.39 is 7.40 Å². The summed E-state index contributed by atoms with van der Waals surface area (Å²) in [7, 11) is 0.547. The molecule has 42 valence electrons. The lowest BCUT2D eigenvalue weighted by molar-refractivity contribution is -0.366. The second-order valence-electron chi connectivity index (χ2n) is 1.13. The third kappa shape index (κ3) is 5.87. The van der Waals surface area contributed by atoms with Crippen LogP contribution in [0.4, 0.5) is 4.32 Å². The Morgan fingerprint density at radius 2 is 2.14 bits per heavy atom. The number of hydrogen-bond donors (Lipinski definition) is 1. The van der Waals surface area contributed by atoms with Crippen molar-refractivity contribution in [2.24, 2.45) is 0 Å². The van der Waals surface area contributed by atoms with E-state index in [2.05, 4.69) is 4.81 Å². The van der Waals surface area contributed by atoms with Crippen molar-refractivity contribution < 1.29 is 18.7 Å². The summed E-state index contributed by atoms with van der Waals surface area (Å²) in [6.45, 7) is 0. The van der Waals surface area contributed by atoms with Gasteiger partial charge >= 0.3 is 7.40 Å². The topological polar surface area (TPSA) is 32.2 Å². The first kappa shape index (κ1) is 6.87. The van der Waals surface area contributed by atoms with Gasteiger partial charge in [0, 0.05) is 0 Å². The maximum Gasteiger partial charge on any atom is 0.756 e. The molecular weight excluding hydrogens is 102 g/mol. The van der Waals surface area contributed by atoms with Gasteiger partial charge < -0.3 is 5.02 Å². The van der Waals surface area contributed by atoms with Gasteiger partial charge in [0.15, 0.2) is 14.2 Å². The number of halogens is 1. The normalized spacial score (nSPS) is 9.86. The molecule has 0 radical (unpaired) electrons. The van der Waals surface area contributed by atoms with Gasteiger partial charge in [-0.2, -0.15) is 0 Å². The molecule has 0 aliphatic carbocycles. The van der Waals surface area contributed by atoms with Crippen LogP contribution in [0.15, 0.2) is 0 Å². The van der Waals surface area contributed by atoms with Crippen molar-refractivity contribution in [2.45, 2.75) is 0 Å². The fourth-order valence-electron chi connectivity index (χ4n) is 0.159. The second kappa shape index (κ2) is 2.95. The molecule has 0 fully saturated rings. The van der Waals surface area contributed by atoms with Crippen molar-refractivity contribution in [3.05, 3.63) is 0 Å². The summed E-state index contributed by atoms with van der Waals surface area (Å²) in [4.78, 5) is 3.89. The zero-order valence-electron chi connectivity index (χ0n) is 4.22. The molecule has 0 aromatic heterocycles. The van der Waals surface area contributed by atoms with Crippen molar-refractivity contribution in [1.29, 1.82) is 0 Å². The molecule has 0 saturated heterocycles. The standard InChI is InChI=1S/C2H7BFO3/c1-7(2)6-3(4)5/h5H,1-2H3/q+1. The van der Waals surface area contributed by atoms with Crippen molar-refractivity contribution in [3.63, 3.8) is 0 Å². The van der Waals surface area contributed by atoms with Crippen molar-refractivity contribution >= 4 is 7.40 Å². The van der Waals surface area contributed by atoms with E-state index in [0.29, 0.717) is 0 Å². The highest BCUT2D eigenvalue weighted by Crippen LogP contribution is 1.87.